The minimum absolute atomic E-state index is 0.121. The van der Waals surface area contributed by atoms with E-state index >= 15 is 0 Å². The Kier molecular flexibility index (Phi) is 4.99. The highest BCUT2D eigenvalue weighted by Crippen LogP contribution is 2.25. The summed E-state index contributed by atoms with van der Waals surface area (Å²) in [4.78, 5) is 5.03. The van der Waals surface area contributed by atoms with E-state index in [0.29, 0.717) is 0 Å². The number of benzene rings is 2. The molecule has 0 spiro atoms. The molecule has 2 aromatic carbocycles. The Morgan fingerprint density at radius 1 is 0.958 bits per heavy atom. The van der Waals surface area contributed by atoms with Gasteiger partial charge in [-0.3, -0.25) is 9.80 Å². The van der Waals surface area contributed by atoms with Crippen LogP contribution in [0.5, 0.6) is 0 Å². The predicted octanol–water partition coefficient (Wildman–Crippen LogP) is 3.65. The summed E-state index contributed by atoms with van der Waals surface area (Å²) in [5.74, 6) is 0. The van der Waals surface area contributed by atoms with E-state index in [0.717, 1.165) is 43.9 Å². The van der Waals surface area contributed by atoms with Crippen molar-refractivity contribution in [3.8, 4) is 6.07 Å². The van der Waals surface area contributed by atoms with Crippen LogP contribution in [0.2, 0.25) is 0 Å². The fraction of sp³-hybridized carbons (Fsp3) is 0.381. The minimum atomic E-state index is 0.121. The third kappa shape index (κ3) is 3.84. The molecule has 0 amide bonds. The molecule has 1 heterocycles. The Morgan fingerprint density at radius 2 is 1.67 bits per heavy atom. The number of hydrogen-bond acceptors (Lipinski definition) is 3. The highest BCUT2D eigenvalue weighted by Gasteiger charge is 2.33. The van der Waals surface area contributed by atoms with Gasteiger partial charge < -0.3 is 0 Å². The molecule has 1 saturated heterocycles. The summed E-state index contributed by atoms with van der Waals surface area (Å²) in [6, 6.07) is 20.9. The van der Waals surface area contributed by atoms with E-state index in [-0.39, 0.29) is 5.54 Å². The molecular formula is C21H25N3. The van der Waals surface area contributed by atoms with Crippen molar-refractivity contribution in [2.24, 2.45) is 0 Å². The molecule has 24 heavy (non-hydrogen) atoms. The first-order chi connectivity index (χ1) is 11.6. The standard InChI is InChI=1S/C21H25N3/c1-21(2)17-23(16-20-11-7-6-10-19(20)14-22)12-13-24(21)15-18-8-4-3-5-9-18/h3-11H,12-13,15-17H2,1-2H3. The number of nitrogens with zero attached hydrogens (tertiary/aromatic N) is 3. The second kappa shape index (κ2) is 7.17. The fourth-order valence-electron chi connectivity index (χ4n) is 3.53. The van der Waals surface area contributed by atoms with Gasteiger partial charge in [0.05, 0.1) is 11.6 Å². The zero-order valence-electron chi connectivity index (χ0n) is 14.6. The van der Waals surface area contributed by atoms with Crippen LogP contribution in [0.15, 0.2) is 54.6 Å². The zero-order valence-corrected chi connectivity index (χ0v) is 14.6. The van der Waals surface area contributed by atoms with E-state index < -0.39 is 0 Å². The molecule has 3 rings (SSSR count). The molecule has 1 aliphatic heterocycles. The van der Waals surface area contributed by atoms with E-state index in [1.807, 2.05) is 18.2 Å². The van der Waals surface area contributed by atoms with Crippen LogP contribution in [0.25, 0.3) is 0 Å². The molecule has 0 aromatic heterocycles. The van der Waals surface area contributed by atoms with Gasteiger partial charge in [-0.15, -0.1) is 0 Å². The van der Waals surface area contributed by atoms with Crippen LogP contribution in [0.3, 0.4) is 0 Å². The number of nitriles is 1. The van der Waals surface area contributed by atoms with Gasteiger partial charge in [0.25, 0.3) is 0 Å². The molecule has 0 bridgehead atoms. The molecule has 0 N–H and O–H groups in total. The third-order valence-electron chi connectivity index (χ3n) is 4.90. The first kappa shape index (κ1) is 16.7. The average molecular weight is 319 g/mol. The van der Waals surface area contributed by atoms with Gasteiger partial charge in [0.1, 0.15) is 0 Å². The zero-order chi connectivity index (χ0) is 17.0. The Bertz CT molecular complexity index is 715. The minimum Gasteiger partial charge on any atom is -0.296 e. The average Bonchev–Trinajstić information content (AvgIpc) is 2.58. The van der Waals surface area contributed by atoms with Gasteiger partial charge in [0, 0.05) is 38.3 Å². The molecule has 1 aliphatic rings. The van der Waals surface area contributed by atoms with E-state index in [1.165, 1.54) is 5.56 Å². The van der Waals surface area contributed by atoms with Crippen molar-refractivity contribution in [3.05, 3.63) is 71.3 Å². The summed E-state index contributed by atoms with van der Waals surface area (Å²) < 4.78 is 0. The van der Waals surface area contributed by atoms with Crippen molar-refractivity contribution < 1.29 is 0 Å². The lowest BCUT2D eigenvalue weighted by Crippen LogP contribution is -2.58. The van der Waals surface area contributed by atoms with E-state index in [1.54, 1.807) is 0 Å². The molecular weight excluding hydrogens is 294 g/mol. The van der Waals surface area contributed by atoms with E-state index in [9.17, 15) is 5.26 Å². The lowest BCUT2D eigenvalue weighted by molar-refractivity contribution is 0.0103. The summed E-state index contributed by atoms with van der Waals surface area (Å²) in [6.07, 6.45) is 0. The van der Waals surface area contributed by atoms with Crippen LogP contribution in [0, 0.1) is 11.3 Å². The first-order valence-corrected chi connectivity index (χ1v) is 8.58. The second-order valence-electron chi connectivity index (χ2n) is 7.20. The number of hydrogen-bond donors (Lipinski definition) is 0. The Hall–Kier alpha value is -2.15. The van der Waals surface area contributed by atoms with Crippen molar-refractivity contribution in [2.45, 2.75) is 32.5 Å². The summed E-state index contributed by atoms with van der Waals surface area (Å²) >= 11 is 0. The monoisotopic (exact) mass is 319 g/mol. The smallest absolute Gasteiger partial charge is 0.0995 e. The van der Waals surface area contributed by atoms with Crippen LogP contribution >= 0.6 is 0 Å². The maximum Gasteiger partial charge on any atom is 0.0995 e. The van der Waals surface area contributed by atoms with Gasteiger partial charge in [0.2, 0.25) is 0 Å². The molecule has 1 fully saturated rings. The van der Waals surface area contributed by atoms with Crippen molar-refractivity contribution in [3.63, 3.8) is 0 Å². The second-order valence-corrected chi connectivity index (χ2v) is 7.20. The quantitative estimate of drug-likeness (QED) is 0.861. The Balaban J connectivity index is 1.66. The van der Waals surface area contributed by atoms with Gasteiger partial charge in [0.15, 0.2) is 0 Å². The number of rotatable bonds is 4. The van der Waals surface area contributed by atoms with Crippen molar-refractivity contribution in [2.75, 3.05) is 19.6 Å². The third-order valence-corrected chi connectivity index (χ3v) is 4.90. The summed E-state index contributed by atoms with van der Waals surface area (Å²) in [5.41, 5.74) is 3.42. The SMILES string of the molecule is CC1(C)CN(Cc2ccccc2C#N)CCN1Cc1ccccc1. The van der Waals surface area contributed by atoms with Gasteiger partial charge in [-0.25, -0.2) is 0 Å². The number of piperazine rings is 1. The lowest BCUT2D eigenvalue weighted by Gasteiger charge is -2.47. The Labute approximate surface area is 145 Å². The van der Waals surface area contributed by atoms with Crippen molar-refractivity contribution in [1.82, 2.24) is 9.80 Å². The van der Waals surface area contributed by atoms with Crippen LogP contribution in [0.4, 0.5) is 0 Å². The van der Waals surface area contributed by atoms with E-state index in [4.69, 9.17) is 0 Å². The normalized spacial score (nSPS) is 18.2. The lowest BCUT2D eigenvalue weighted by atomic mass is 9.97. The van der Waals surface area contributed by atoms with Gasteiger partial charge in [-0.2, -0.15) is 5.26 Å². The van der Waals surface area contributed by atoms with Crippen LogP contribution in [-0.2, 0) is 13.1 Å². The maximum absolute atomic E-state index is 9.28. The molecule has 0 aliphatic carbocycles. The summed E-state index contributed by atoms with van der Waals surface area (Å²) in [7, 11) is 0. The summed E-state index contributed by atoms with van der Waals surface area (Å²) in [6.45, 7) is 9.59. The van der Waals surface area contributed by atoms with Gasteiger partial charge in [-0.05, 0) is 31.0 Å². The molecule has 3 heteroatoms. The Morgan fingerprint density at radius 3 is 2.38 bits per heavy atom. The largest absolute Gasteiger partial charge is 0.296 e. The molecule has 0 saturated carbocycles. The fourth-order valence-corrected chi connectivity index (χ4v) is 3.53. The molecule has 0 radical (unpaired) electrons. The van der Waals surface area contributed by atoms with Gasteiger partial charge in [-0.1, -0.05) is 48.5 Å². The van der Waals surface area contributed by atoms with Crippen LogP contribution in [-0.4, -0.2) is 35.0 Å². The van der Waals surface area contributed by atoms with E-state index in [2.05, 4.69) is 66.1 Å². The molecule has 124 valence electrons. The predicted molar refractivity (Wildman–Crippen MR) is 97.4 cm³/mol. The highest BCUT2D eigenvalue weighted by molar-refractivity contribution is 5.37. The van der Waals surface area contributed by atoms with Crippen molar-refractivity contribution in [1.29, 1.82) is 5.26 Å². The maximum atomic E-state index is 9.28. The van der Waals surface area contributed by atoms with Gasteiger partial charge >= 0.3 is 0 Å². The van der Waals surface area contributed by atoms with Crippen LogP contribution < -0.4 is 0 Å². The molecule has 0 atom stereocenters. The van der Waals surface area contributed by atoms with Crippen LogP contribution in [0.1, 0.15) is 30.5 Å². The van der Waals surface area contributed by atoms with Crippen molar-refractivity contribution >= 4 is 0 Å². The molecule has 2 aromatic rings. The topological polar surface area (TPSA) is 30.3 Å². The summed E-state index contributed by atoms with van der Waals surface area (Å²) in [5, 5.41) is 9.28. The first-order valence-electron chi connectivity index (χ1n) is 8.58. The molecule has 0 unspecified atom stereocenters. The highest BCUT2D eigenvalue weighted by atomic mass is 15.3. The molecule has 3 nitrogen and oxygen atoms in total.